The normalized spacial score (nSPS) is 12.1. The molecular weight excluding hydrogens is 426 g/mol. The number of aromatic nitrogens is 4. The van der Waals surface area contributed by atoms with Crippen molar-refractivity contribution < 1.29 is 14.3 Å². The van der Waals surface area contributed by atoms with E-state index >= 15 is 0 Å². The quantitative estimate of drug-likeness (QED) is 0.326. The molecule has 0 radical (unpaired) electrons. The van der Waals surface area contributed by atoms with Gasteiger partial charge >= 0.3 is 5.97 Å². The Morgan fingerprint density at radius 2 is 1.84 bits per heavy atom. The van der Waals surface area contributed by atoms with Crippen LogP contribution in [0, 0.1) is 0 Å². The third-order valence-electron chi connectivity index (χ3n) is 5.11. The van der Waals surface area contributed by atoms with E-state index in [2.05, 4.69) is 25.1 Å². The summed E-state index contributed by atoms with van der Waals surface area (Å²) in [5.41, 5.74) is 3.46. The summed E-state index contributed by atoms with van der Waals surface area (Å²) in [6, 6.07) is 16.7. The Hall–Kier alpha value is -3.46. The number of nitrogens with one attached hydrogen (secondary N) is 1. The van der Waals surface area contributed by atoms with E-state index in [1.54, 1.807) is 0 Å². The van der Waals surface area contributed by atoms with Crippen LogP contribution in [0.3, 0.4) is 0 Å². The van der Waals surface area contributed by atoms with Crippen LogP contribution in [0.4, 0.5) is 0 Å². The predicted molar refractivity (Wildman–Crippen MR) is 123 cm³/mol. The first-order valence-corrected chi connectivity index (χ1v) is 11.2. The molecule has 2 aromatic heterocycles. The minimum Gasteiger partial charge on any atom is -0.467 e. The zero-order valence-electron chi connectivity index (χ0n) is 17.8. The summed E-state index contributed by atoms with van der Waals surface area (Å²) < 4.78 is 6.93. The third kappa shape index (κ3) is 4.57. The second-order valence-corrected chi connectivity index (χ2v) is 8.09. The highest BCUT2D eigenvalue weighted by atomic mass is 32.2. The molecule has 2 aromatic carbocycles. The van der Waals surface area contributed by atoms with Gasteiger partial charge in [-0.1, -0.05) is 60.3 Å². The zero-order valence-corrected chi connectivity index (χ0v) is 18.6. The number of esters is 1. The van der Waals surface area contributed by atoms with Gasteiger partial charge in [-0.25, -0.2) is 9.78 Å². The molecule has 0 aliphatic heterocycles. The molecule has 0 bridgehead atoms. The van der Waals surface area contributed by atoms with Gasteiger partial charge in [-0.15, -0.1) is 10.2 Å². The first-order chi connectivity index (χ1) is 15.6. The molecule has 0 spiro atoms. The van der Waals surface area contributed by atoms with Gasteiger partial charge in [-0.3, -0.25) is 4.79 Å². The Bertz CT molecular complexity index is 1260. The topological polar surface area (TPSA) is 99.0 Å². The summed E-state index contributed by atoms with van der Waals surface area (Å²) in [6.45, 7) is 2.79. The van der Waals surface area contributed by atoms with Crippen LogP contribution < -0.4 is 5.32 Å². The predicted octanol–water partition coefficient (Wildman–Crippen LogP) is 2.99. The summed E-state index contributed by atoms with van der Waals surface area (Å²) in [5, 5.41) is 12.7. The molecule has 164 valence electrons. The summed E-state index contributed by atoms with van der Waals surface area (Å²) in [5.74, 6) is -0.734. The van der Waals surface area contributed by atoms with E-state index in [1.165, 1.54) is 18.9 Å². The Kier molecular flexibility index (Phi) is 6.65. The lowest BCUT2D eigenvalue weighted by atomic mass is 10.1. The van der Waals surface area contributed by atoms with Crippen molar-refractivity contribution in [3.05, 3.63) is 60.2 Å². The summed E-state index contributed by atoms with van der Waals surface area (Å²) in [7, 11) is 1.31. The van der Waals surface area contributed by atoms with Crippen molar-refractivity contribution in [3.8, 4) is 0 Å². The number of amides is 1. The fourth-order valence-corrected chi connectivity index (χ4v) is 4.22. The van der Waals surface area contributed by atoms with E-state index < -0.39 is 12.0 Å². The van der Waals surface area contributed by atoms with Gasteiger partial charge in [0.2, 0.25) is 11.1 Å². The van der Waals surface area contributed by atoms with Gasteiger partial charge in [0.25, 0.3) is 0 Å². The average molecular weight is 450 g/mol. The maximum Gasteiger partial charge on any atom is 0.328 e. The second-order valence-electron chi connectivity index (χ2n) is 7.15. The Labute approximate surface area is 189 Å². The SMILES string of the molecule is CCn1c2ccccc2c2nnc(SCC(=O)NC(Cc3ccccc3)C(=O)OC)nc21. The molecule has 4 aromatic rings. The van der Waals surface area contributed by atoms with E-state index in [0.29, 0.717) is 11.6 Å². The standard InChI is InChI=1S/C23H23N5O3S/c1-3-28-18-12-8-7-11-16(18)20-21(28)25-23(27-26-20)32-14-19(29)24-17(22(30)31-2)13-15-9-5-4-6-10-15/h4-12,17H,3,13-14H2,1-2H3,(H,24,29). The summed E-state index contributed by atoms with van der Waals surface area (Å²) in [4.78, 5) is 29.3. The van der Waals surface area contributed by atoms with Crippen molar-refractivity contribution in [3.63, 3.8) is 0 Å². The number of para-hydroxylation sites is 1. The van der Waals surface area contributed by atoms with Crippen molar-refractivity contribution in [1.82, 2.24) is 25.1 Å². The van der Waals surface area contributed by atoms with Gasteiger partial charge in [-0.2, -0.15) is 0 Å². The van der Waals surface area contributed by atoms with Crippen molar-refractivity contribution in [2.24, 2.45) is 0 Å². The van der Waals surface area contributed by atoms with Crippen LogP contribution in [-0.2, 0) is 27.3 Å². The lowest BCUT2D eigenvalue weighted by Crippen LogP contribution is -2.43. The van der Waals surface area contributed by atoms with E-state index in [4.69, 9.17) is 4.74 Å². The van der Waals surface area contributed by atoms with Gasteiger partial charge in [0.15, 0.2) is 5.65 Å². The fourth-order valence-electron chi connectivity index (χ4n) is 3.62. The van der Waals surface area contributed by atoms with Crippen LogP contribution in [0.5, 0.6) is 0 Å². The Morgan fingerprint density at radius 1 is 1.09 bits per heavy atom. The number of fused-ring (bicyclic) bond motifs is 3. The molecule has 4 rings (SSSR count). The molecule has 0 aliphatic carbocycles. The van der Waals surface area contributed by atoms with E-state index in [0.717, 1.165) is 34.2 Å². The molecule has 0 aliphatic rings. The summed E-state index contributed by atoms with van der Waals surface area (Å²) in [6.07, 6.45) is 0.352. The number of hydrogen-bond acceptors (Lipinski definition) is 7. The van der Waals surface area contributed by atoms with Crippen molar-refractivity contribution >= 4 is 45.7 Å². The van der Waals surface area contributed by atoms with Gasteiger partial charge in [0.1, 0.15) is 11.6 Å². The average Bonchev–Trinajstić information content (AvgIpc) is 3.15. The number of aryl methyl sites for hydroxylation is 1. The van der Waals surface area contributed by atoms with Gasteiger partial charge in [-0.05, 0) is 18.6 Å². The molecule has 8 nitrogen and oxygen atoms in total. The minimum absolute atomic E-state index is 0.0574. The molecule has 32 heavy (non-hydrogen) atoms. The van der Waals surface area contributed by atoms with Gasteiger partial charge in [0, 0.05) is 18.4 Å². The van der Waals surface area contributed by atoms with Gasteiger partial charge in [0.05, 0.1) is 18.4 Å². The molecular formula is C23H23N5O3S. The smallest absolute Gasteiger partial charge is 0.328 e. The van der Waals surface area contributed by atoms with Crippen molar-refractivity contribution in [1.29, 1.82) is 0 Å². The third-order valence-corrected chi connectivity index (χ3v) is 5.94. The fraction of sp³-hybridized carbons (Fsp3) is 0.261. The van der Waals surface area contributed by atoms with Crippen LogP contribution in [0.1, 0.15) is 12.5 Å². The number of ether oxygens (including phenoxy) is 1. The zero-order chi connectivity index (χ0) is 22.5. The Morgan fingerprint density at radius 3 is 2.59 bits per heavy atom. The Balaban J connectivity index is 1.46. The number of nitrogens with zero attached hydrogens (tertiary/aromatic N) is 4. The summed E-state index contributed by atoms with van der Waals surface area (Å²) >= 11 is 1.18. The number of hydrogen-bond donors (Lipinski definition) is 1. The van der Waals surface area contributed by atoms with Gasteiger partial charge < -0.3 is 14.6 Å². The molecule has 0 fully saturated rings. The van der Waals surface area contributed by atoms with Crippen LogP contribution in [0.2, 0.25) is 0 Å². The van der Waals surface area contributed by atoms with Crippen LogP contribution >= 0.6 is 11.8 Å². The van der Waals surface area contributed by atoms with Crippen LogP contribution in [-0.4, -0.2) is 50.5 Å². The second kappa shape index (κ2) is 9.78. The number of benzene rings is 2. The number of methoxy groups -OCH3 is 1. The molecule has 0 saturated heterocycles. The first-order valence-electron chi connectivity index (χ1n) is 10.3. The maximum absolute atomic E-state index is 12.5. The number of rotatable bonds is 8. The highest BCUT2D eigenvalue weighted by Gasteiger charge is 2.22. The number of thioether (sulfide) groups is 1. The monoisotopic (exact) mass is 449 g/mol. The highest BCUT2D eigenvalue weighted by molar-refractivity contribution is 7.99. The number of carbonyl (C=O) groups is 2. The van der Waals surface area contributed by atoms with E-state index in [-0.39, 0.29) is 11.7 Å². The molecule has 1 amide bonds. The van der Waals surface area contributed by atoms with Crippen LogP contribution in [0.15, 0.2) is 59.8 Å². The lowest BCUT2D eigenvalue weighted by Gasteiger charge is -2.16. The van der Waals surface area contributed by atoms with E-state index in [9.17, 15) is 9.59 Å². The molecule has 9 heteroatoms. The largest absolute Gasteiger partial charge is 0.467 e. The number of carbonyl (C=O) groups excluding carboxylic acids is 2. The molecule has 0 saturated carbocycles. The lowest BCUT2D eigenvalue weighted by molar-refractivity contribution is -0.144. The van der Waals surface area contributed by atoms with Crippen LogP contribution in [0.25, 0.3) is 22.1 Å². The van der Waals surface area contributed by atoms with E-state index in [1.807, 2.05) is 61.5 Å². The van der Waals surface area contributed by atoms with Crippen molar-refractivity contribution in [2.75, 3.05) is 12.9 Å². The molecule has 1 N–H and O–H groups in total. The minimum atomic E-state index is -0.764. The maximum atomic E-state index is 12.5. The molecule has 1 unspecified atom stereocenters. The highest BCUT2D eigenvalue weighted by Crippen LogP contribution is 2.26. The van der Waals surface area contributed by atoms with Crippen molar-refractivity contribution in [2.45, 2.75) is 31.1 Å². The molecule has 2 heterocycles. The molecule has 1 atom stereocenters. The first kappa shape index (κ1) is 21.8.